The molecule has 28 heavy (non-hydrogen) atoms. The number of nitrogens with one attached hydrogen (secondary N) is 2. The highest BCUT2D eigenvalue weighted by atomic mass is 32.1. The van der Waals surface area contributed by atoms with E-state index in [1.807, 2.05) is 24.3 Å². The topological polar surface area (TPSA) is 93.5 Å². The number of carbonyl (C=O) groups is 2. The van der Waals surface area contributed by atoms with E-state index < -0.39 is 0 Å². The number of benzene rings is 1. The van der Waals surface area contributed by atoms with Crippen molar-refractivity contribution in [2.75, 3.05) is 11.9 Å². The van der Waals surface area contributed by atoms with Crippen LogP contribution in [0.3, 0.4) is 0 Å². The third-order valence-electron chi connectivity index (χ3n) is 4.51. The summed E-state index contributed by atoms with van der Waals surface area (Å²) in [5.74, 6) is 0.962. The molecule has 1 aliphatic rings. The van der Waals surface area contributed by atoms with Crippen LogP contribution in [-0.2, 0) is 11.2 Å². The number of hydrogen-bond acceptors (Lipinski definition) is 6. The van der Waals surface area contributed by atoms with Gasteiger partial charge in [0.25, 0.3) is 5.91 Å². The van der Waals surface area contributed by atoms with Crippen LogP contribution in [0.15, 0.2) is 46.4 Å². The Hall–Kier alpha value is -3.13. The Morgan fingerprint density at radius 3 is 2.96 bits per heavy atom. The van der Waals surface area contributed by atoms with E-state index in [-0.39, 0.29) is 24.3 Å². The van der Waals surface area contributed by atoms with Crippen LogP contribution in [0.2, 0.25) is 0 Å². The van der Waals surface area contributed by atoms with E-state index in [9.17, 15) is 9.59 Å². The minimum atomic E-state index is -0.282. The average molecular weight is 397 g/mol. The lowest BCUT2D eigenvalue weighted by Crippen LogP contribution is -2.33. The van der Waals surface area contributed by atoms with Gasteiger partial charge in [-0.3, -0.25) is 14.9 Å². The molecule has 2 amide bonds. The van der Waals surface area contributed by atoms with Gasteiger partial charge in [0.05, 0.1) is 36.6 Å². The smallest absolute Gasteiger partial charge is 0.260 e. The maximum absolute atomic E-state index is 12.5. The molecular formula is C20H19N3O4S. The summed E-state index contributed by atoms with van der Waals surface area (Å²) < 4.78 is 10.8. The van der Waals surface area contributed by atoms with Gasteiger partial charge in [-0.05, 0) is 19.1 Å². The molecule has 0 bridgehead atoms. The zero-order chi connectivity index (χ0) is 19.5. The Morgan fingerprint density at radius 1 is 1.29 bits per heavy atom. The molecule has 0 fully saturated rings. The van der Waals surface area contributed by atoms with Gasteiger partial charge in [0.1, 0.15) is 11.5 Å². The molecule has 1 unspecified atom stereocenters. The Morgan fingerprint density at radius 2 is 2.14 bits per heavy atom. The Balaban J connectivity index is 1.36. The summed E-state index contributed by atoms with van der Waals surface area (Å²) in [5.41, 5.74) is 2.07. The SMILES string of the molecule is Cc1occc1C(=O)Nc1nc(CC(=O)NC2CCOc3ccccc32)cs1. The third-order valence-corrected chi connectivity index (χ3v) is 5.32. The first-order valence-electron chi connectivity index (χ1n) is 8.91. The Kier molecular flexibility index (Phi) is 5.12. The van der Waals surface area contributed by atoms with Crippen molar-refractivity contribution in [2.24, 2.45) is 0 Å². The van der Waals surface area contributed by atoms with Gasteiger partial charge in [-0.1, -0.05) is 18.2 Å². The first kappa shape index (κ1) is 18.2. The van der Waals surface area contributed by atoms with Crippen LogP contribution < -0.4 is 15.4 Å². The molecule has 0 radical (unpaired) electrons. The van der Waals surface area contributed by atoms with Crippen molar-refractivity contribution in [3.8, 4) is 5.75 Å². The van der Waals surface area contributed by atoms with E-state index in [1.165, 1.54) is 17.6 Å². The van der Waals surface area contributed by atoms with Crippen molar-refractivity contribution >= 4 is 28.3 Å². The highest BCUT2D eigenvalue weighted by Crippen LogP contribution is 2.31. The van der Waals surface area contributed by atoms with E-state index in [0.29, 0.717) is 28.8 Å². The van der Waals surface area contributed by atoms with Gasteiger partial charge in [0, 0.05) is 17.4 Å². The molecule has 1 aliphatic heterocycles. The molecule has 3 heterocycles. The number of thiazole rings is 1. The fraction of sp³-hybridized carbons (Fsp3) is 0.250. The number of furan rings is 1. The Bertz CT molecular complexity index is 1010. The van der Waals surface area contributed by atoms with Crippen LogP contribution in [-0.4, -0.2) is 23.4 Å². The van der Waals surface area contributed by atoms with Crippen molar-refractivity contribution in [1.29, 1.82) is 0 Å². The number of fused-ring (bicyclic) bond motifs is 1. The molecule has 4 rings (SSSR count). The van der Waals surface area contributed by atoms with Crippen molar-refractivity contribution in [1.82, 2.24) is 10.3 Å². The van der Waals surface area contributed by atoms with E-state index in [2.05, 4.69) is 15.6 Å². The van der Waals surface area contributed by atoms with Crippen LogP contribution in [0.5, 0.6) is 5.75 Å². The van der Waals surface area contributed by atoms with Crippen molar-refractivity contribution in [3.05, 3.63) is 64.6 Å². The molecule has 3 aromatic rings. The summed E-state index contributed by atoms with van der Waals surface area (Å²) >= 11 is 1.28. The van der Waals surface area contributed by atoms with Gasteiger partial charge < -0.3 is 14.5 Å². The predicted molar refractivity (Wildman–Crippen MR) is 105 cm³/mol. The standard InChI is InChI=1S/C20H19N3O4S/c1-12-14(6-8-26-12)19(25)23-20-21-13(11-28-20)10-18(24)22-16-7-9-27-17-5-3-2-4-15(16)17/h2-6,8,11,16H,7,9-10H2,1H3,(H,22,24)(H,21,23,25). The quantitative estimate of drug-likeness (QED) is 0.687. The second kappa shape index (κ2) is 7.85. The van der Waals surface area contributed by atoms with E-state index >= 15 is 0 Å². The van der Waals surface area contributed by atoms with E-state index in [0.717, 1.165) is 17.7 Å². The monoisotopic (exact) mass is 397 g/mol. The van der Waals surface area contributed by atoms with E-state index in [4.69, 9.17) is 9.15 Å². The molecular weight excluding hydrogens is 378 g/mol. The lowest BCUT2D eigenvalue weighted by atomic mass is 10.0. The molecule has 2 N–H and O–H groups in total. The van der Waals surface area contributed by atoms with Crippen LogP contribution >= 0.6 is 11.3 Å². The first-order chi connectivity index (χ1) is 13.6. The molecule has 0 spiro atoms. The fourth-order valence-electron chi connectivity index (χ4n) is 3.13. The van der Waals surface area contributed by atoms with Crippen molar-refractivity contribution in [2.45, 2.75) is 25.8 Å². The number of carbonyl (C=O) groups excluding carboxylic acids is 2. The number of ether oxygens (including phenoxy) is 1. The summed E-state index contributed by atoms with van der Waals surface area (Å²) in [6.07, 6.45) is 2.35. The lowest BCUT2D eigenvalue weighted by molar-refractivity contribution is -0.121. The lowest BCUT2D eigenvalue weighted by Gasteiger charge is -2.26. The number of aryl methyl sites for hydroxylation is 1. The highest BCUT2D eigenvalue weighted by Gasteiger charge is 2.23. The molecule has 1 aromatic carbocycles. The second-order valence-electron chi connectivity index (χ2n) is 6.46. The normalized spacial score (nSPS) is 15.4. The summed E-state index contributed by atoms with van der Waals surface area (Å²) in [6.45, 7) is 2.29. The zero-order valence-corrected chi connectivity index (χ0v) is 16.0. The van der Waals surface area contributed by atoms with Gasteiger partial charge in [-0.25, -0.2) is 4.98 Å². The van der Waals surface area contributed by atoms with Crippen LogP contribution in [0.25, 0.3) is 0 Å². The minimum Gasteiger partial charge on any atom is -0.493 e. The number of amides is 2. The van der Waals surface area contributed by atoms with Crippen molar-refractivity contribution < 1.29 is 18.7 Å². The van der Waals surface area contributed by atoms with Gasteiger partial charge >= 0.3 is 0 Å². The van der Waals surface area contributed by atoms with Crippen LogP contribution in [0, 0.1) is 6.92 Å². The summed E-state index contributed by atoms with van der Waals surface area (Å²) in [5, 5.41) is 8.00. The van der Waals surface area contributed by atoms with Gasteiger partial charge in [0.2, 0.25) is 5.91 Å². The molecule has 144 valence electrons. The molecule has 0 saturated carbocycles. The van der Waals surface area contributed by atoms with Crippen LogP contribution in [0.1, 0.15) is 39.8 Å². The second-order valence-corrected chi connectivity index (χ2v) is 7.32. The third kappa shape index (κ3) is 3.91. The number of rotatable bonds is 5. The summed E-state index contributed by atoms with van der Waals surface area (Å²) in [6, 6.07) is 9.26. The van der Waals surface area contributed by atoms with Gasteiger partial charge in [-0.2, -0.15) is 0 Å². The number of hydrogen-bond donors (Lipinski definition) is 2. The van der Waals surface area contributed by atoms with E-state index in [1.54, 1.807) is 18.4 Å². The number of para-hydroxylation sites is 1. The number of nitrogens with zero attached hydrogens (tertiary/aromatic N) is 1. The molecule has 0 aliphatic carbocycles. The maximum Gasteiger partial charge on any atom is 0.260 e. The van der Waals surface area contributed by atoms with Crippen LogP contribution in [0.4, 0.5) is 5.13 Å². The largest absolute Gasteiger partial charge is 0.493 e. The molecule has 8 heteroatoms. The highest BCUT2D eigenvalue weighted by molar-refractivity contribution is 7.14. The predicted octanol–water partition coefficient (Wildman–Crippen LogP) is 3.48. The Labute approximate surface area is 165 Å². The minimum absolute atomic E-state index is 0.0701. The number of anilines is 1. The zero-order valence-electron chi connectivity index (χ0n) is 15.2. The van der Waals surface area contributed by atoms with Gasteiger partial charge in [0.15, 0.2) is 5.13 Å². The van der Waals surface area contributed by atoms with Gasteiger partial charge in [-0.15, -0.1) is 11.3 Å². The maximum atomic E-state index is 12.5. The first-order valence-corrected chi connectivity index (χ1v) is 9.79. The number of aromatic nitrogens is 1. The fourth-order valence-corrected chi connectivity index (χ4v) is 3.84. The molecule has 1 atom stereocenters. The molecule has 0 saturated heterocycles. The average Bonchev–Trinajstić information content (AvgIpc) is 3.30. The van der Waals surface area contributed by atoms with Crippen molar-refractivity contribution in [3.63, 3.8) is 0 Å². The molecule has 2 aromatic heterocycles. The summed E-state index contributed by atoms with van der Waals surface area (Å²) in [4.78, 5) is 29.0. The summed E-state index contributed by atoms with van der Waals surface area (Å²) in [7, 11) is 0. The molecule has 7 nitrogen and oxygen atoms in total.